The lowest BCUT2D eigenvalue weighted by atomic mass is 9.96. The van der Waals surface area contributed by atoms with Crippen molar-refractivity contribution in [3.8, 4) is 0 Å². The van der Waals surface area contributed by atoms with E-state index < -0.39 is 0 Å². The molecule has 1 aliphatic carbocycles. The predicted molar refractivity (Wildman–Crippen MR) is 78.0 cm³/mol. The molecule has 2 rings (SSSR count). The molecule has 1 saturated carbocycles. The van der Waals surface area contributed by atoms with Crippen LogP contribution in [0, 0.1) is 0 Å². The summed E-state index contributed by atoms with van der Waals surface area (Å²) in [6, 6.07) is 8.06. The van der Waals surface area contributed by atoms with Crippen molar-refractivity contribution in [2.24, 2.45) is 0 Å². The maximum Gasteiger partial charge on any atom is 0.0450 e. The summed E-state index contributed by atoms with van der Waals surface area (Å²) < 4.78 is 0. The van der Waals surface area contributed by atoms with Gasteiger partial charge in [-0.1, -0.05) is 42.6 Å². The zero-order chi connectivity index (χ0) is 13.0. The SMILES string of the molecule is CN(C)C1(CNCc2ccccc2Cl)CCCC1. The van der Waals surface area contributed by atoms with Crippen molar-refractivity contribution in [2.75, 3.05) is 20.6 Å². The van der Waals surface area contributed by atoms with Gasteiger partial charge in [0.25, 0.3) is 0 Å². The molecule has 1 aromatic carbocycles. The van der Waals surface area contributed by atoms with Gasteiger partial charge in [-0.15, -0.1) is 0 Å². The van der Waals surface area contributed by atoms with E-state index >= 15 is 0 Å². The number of halogens is 1. The van der Waals surface area contributed by atoms with E-state index in [1.54, 1.807) is 0 Å². The third-order valence-electron chi connectivity index (χ3n) is 4.21. The summed E-state index contributed by atoms with van der Waals surface area (Å²) in [6.45, 7) is 1.90. The molecule has 3 heteroatoms. The molecule has 0 saturated heterocycles. The molecule has 1 aromatic rings. The zero-order valence-corrected chi connectivity index (χ0v) is 12.1. The lowest BCUT2D eigenvalue weighted by molar-refractivity contribution is 0.153. The summed E-state index contributed by atoms with van der Waals surface area (Å²) >= 11 is 6.17. The summed E-state index contributed by atoms with van der Waals surface area (Å²) in [7, 11) is 4.39. The normalized spacial score (nSPS) is 18.4. The molecule has 0 atom stereocenters. The van der Waals surface area contributed by atoms with Crippen LogP contribution in [0.4, 0.5) is 0 Å². The monoisotopic (exact) mass is 266 g/mol. The van der Waals surface area contributed by atoms with Crippen LogP contribution < -0.4 is 5.32 Å². The van der Waals surface area contributed by atoms with Gasteiger partial charge in [0.2, 0.25) is 0 Å². The molecule has 0 radical (unpaired) electrons. The van der Waals surface area contributed by atoms with Crippen LogP contribution in [0.15, 0.2) is 24.3 Å². The summed E-state index contributed by atoms with van der Waals surface area (Å²) in [5, 5.41) is 4.44. The third kappa shape index (κ3) is 3.05. The largest absolute Gasteiger partial charge is 0.311 e. The molecular weight excluding hydrogens is 244 g/mol. The molecule has 1 aliphatic rings. The van der Waals surface area contributed by atoms with Gasteiger partial charge in [-0.25, -0.2) is 0 Å². The van der Waals surface area contributed by atoms with E-state index in [9.17, 15) is 0 Å². The smallest absolute Gasteiger partial charge is 0.0450 e. The van der Waals surface area contributed by atoms with Crippen LogP contribution in [0.2, 0.25) is 5.02 Å². The fourth-order valence-corrected chi connectivity index (χ4v) is 3.09. The Morgan fingerprint density at radius 1 is 1.22 bits per heavy atom. The van der Waals surface area contributed by atoms with Crippen molar-refractivity contribution in [2.45, 2.75) is 37.8 Å². The molecule has 0 unspecified atom stereocenters. The second-order valence-electron chi connectivity index (χ2n) is 5.52. The number of hydrogen-bond acceptors (Lipinski definition) is 2. The first kappa shape index (κ1) is 13.9. The lowest BCUT2D eigenvalue weighted by Gasteiger charge is -2.36. The minimum Gasteiger partial charge on any atom is -0.311 e. The van der Waals surface area contributed by atoms with Crippen molar-refractivity contribution < 1.29 is 0 Å². The second-order valence-corrected chi connectivity index (χ2v) is 5.93. The summed E-state index contributed by atoms with van der Waals surface area (Å²) in [5.41, 5.74) is 1.53. The molecule has 100 valence electrons. The average Bonchev–Trinajstić information content (AvgIpc) is 2.82. The zero-order valence-electron chi connectivity index (χ0n) is 11.4. The maximum absolute atomic E-state index is 6.17. The fraction of sp³-hybridized carbons (Fsp3) is 0.600. The number of nitrogens with one attached hydrogen (secondary N) is 1. The van der Waals surface area contributed by atoms with E-state index in [1.165, 1.54) is 31.2 Å². The van der Waals surface area contributed by atoms with Crippen LogP contribution in [0.3, 0.4) is 0 Å². The lowest BCUT2D eigenvalue weighted by Crippen LogP contribution is -2.49. The molecule has 0 heterocycles. The highest BCUT2D eigenvalue weighted by Gasteiger charge is 2.35. The summed E-state index contributed by atoms with van der Waals surface area (Å²) in [6.07, 6.45) is 5.31. The molecule has 18 heavy (non-hydrogen) atoms. The molecule has 0 bridgehead atoms. The Balaban J connectivity index is 1.90. The Kier molecular flexibility index (Phi) is 4.66. The third-order valence-corrected chi connectivity index (χ3v) is 4.58. The molecule has 0 aliphatic heterocycles. The standard InChI is InChI=1S/C15H23ClN2/c1-18(2)15(9-5-6-10-15)12-17-11-13-7-3-4-8-14(13)16/h3-4,7-8,17H,5-6,9-12H2,1-2H3. The van der Waals surface area contributed by atoms with Gasteiger partial charge in [0.05, 0.1) is 0 Å². The molecule has 0 amide bonds. The van der Waals surface area contributed by atoms with E-state index in [0.717, 1.165) is 18.1 Å². The molecule has 0 aromatic heterocycles. The number of likely N-dealkylation sites (N-methyl/N-ethyl adjacent to an activating group) is 1. The predicted octanol–water partition coefficient (Wildman–Crippen LogP) is 3.30. The molecule has 1 fully saturated rings. The Bertz CT molecular complexity index is 384. The topological polar surface area (TPSA) is 15.3 Å². The highest BCUT2D eigenvalue weighted by atomic mass is 35.5. The van der Waals surface area contributed by atoms with E-state index in [-0.39, 0.29) is 0 Å². The molecular formula is C15H23ClN2. The first-order chi connectivity index (χ1) is 8.64. The average molecular weight is 267 g/mol. The van der Waals surface area contributed by atoms with Crippen LogP contribution in [0.25, 0.3) is 0 Å². The fourth-order valence-electron chi connectivity index (χ4n) is 2.89. The number of benzene rings is 1. The first-order valence-electron chi connectivity index (χ1n) is 6.76. The van der Waals surface area contributed by atoms with Crippen LogP contribution >= 0.6 is 11.6 Å². The number of rotatable bonds is 5. The Labute approximate surface area is 115 Å². The summed E-state index contributed by atoms with van der Waals surface area (Å²) in [5.74, 6) is 0. The van der Waals surface area contributed by atoms with Crippen molar-refractivity contribution in [3.63, 3.8) is 0 Å². The van der Waals surface area contributed by atoms with Crippen LogP contribution in [-0.2, 0) is 6.54 Å². The van der Waals surface area contributed by atoms with Gasteiger partial charge >= 0.3 is 0 Å². The number of nitrogens with zero attached hydrogens (tertiary/aromatic N) is 1. The first-order valence-corrected chi connectivity index (χ1v) is 7.13. The Morgan fingerprint density at radius 3 is 2.50 bits per heavy atom. The molecule has 2 nitrogen and oxygen atoms in total. The highest BCUT2D eigenvalue weighted by molar-refractivity contribution is 6.31. The van der Waals surface area contributed by atoms with Gasteiger partial charge in [-0.05, 0) is 38.6 Å². The van der Waals surface area contributed by atoms with E-state index in [1.807, 2.05) is 18.2 Å². The molecule has 1 N–H and O–H groups in total. The van der Waals surface area contributed by atoms with Crippen molar-refractivity contribution >= 4 is 11.6 Å². The van der Waals surface area contributed by atoms with Crippen molar-refractivity contribution in [1.82, 2.24) is 10.2 Å². The quantitative estimate of drug-likeness (QED) is 0.880. The van der Waals surface area contributed by atoms with Crippen LogP contribution in [0.1, 0.15) is 31.2 Å². The Hall–Kier alpha value is -0.570. The van der Waals surface area contributed by atoms with Gasteiger partial charge < -0.3 is 10.2 Å². The minimum atomic E-state index is 0.348. The summed E-state index contributed by atoms with van der Waals surface area (Å²) in [4.78, 5) is 2.39. The maximum atomic E-state index is 6.17. The van der Waals surface area contributed by atoms with E-state index in [0.29, 0.717) is 5.54 Å². The van der Waals surface area contributed by atoms with Gasteiger partial charge in [-0.3, -0.25) is 0 Å². The van der Waals surface area contributed by atoms with E-state index in [2.05, 4.69) is 30.4 Å². The van der Waals surface area contributed by atoms with Gasteiger partial charge in [0, 0.05) is 23.7 Å². The van der Waals surface area contributed by atoms with Crippen molar-refractivity contribution in [1.29, 1.82) is 0 Å². The van der Waals surface area contributed by atoms with Gasteiger partial charge in [0.1, 0.15) is 0 Å². The van der Waals surface area contributed by atoms with Gasteiger partial charge in [-0.2, -0.15) is 0 Å². The number of hydrogen-bond donors (Lipinski definition) is 1. The Morgan fingerprint density at radius 2 is 1.89 bits per heavy atom. The van der Waals surface area contributed by atoms with Crippen LogP contribution in [-0.4, -0.2) is 31.1 Å². The second kappa shape index (κ2) is 6.05. The van der Waals surface area contributed by atoms with Gasteiger partial charge in [0.15, 0.2) is 0 Å². The minimum absolute atomic E-state index is 0.348. The van der Waals surface area contributed by atoms with E-state index in [4.69, 9.17) is 11.6 Å². The van der Waals surface area contributed by atoms with Crippen molar-refractivity contribution in [3.05, 3.63) is 34.9 Å². The highest BCUT2D eigenvalue weighted by Crippen LogP contribution is 2.33. The molecule has 0 spiro atoms. The van der Waals surface area contributed by atoms with Crippen LogP contribution in [0.5, 0.6) is 0 Å².